The van der Waals surface area contributed by atoms with Gasteiger partial charge in [-0.15, -0.1) is 0 Å². The molecule has 0 saturated carbocycles. The minimum atomic E-state index is -0.0118. The number of ether oxygens (including phenoxy) is 2. The van der Waals surface area contributed by atoms with Gasteiger partial charge in [-0.1, -0.05) is 30.3 Å². The monoisotopic (exact) mass is 280 g/mol. The molecular formula is C18H16O3. The standard InChI is InChI=1S/C18H16O3/c1-13(19)9-18-17-8-7-16(10-15(17)12-21-18)20-11-14-5-3-2-4-6-14/h2-10H,11-12H2,1H3/b18-9-. The van der Waals surface area contributed by atoms with Gasteiger partial charge in [0.05, 0.1) is 0 Å². The second-order valence-electron chi connectivity index (χ2n) is 5.00. The highest BCUT2D eigenvalue weighted by Crippen LogP contribution is 2.32. The van der Waals surface area contributed by atoms with E-state index in [4.69, 9.17) is 9.47 Å². The van der Waals surface area contributed by atoms with Gasteiger partial charge in [0.2, 0.25) is 0 Å². The molecule has 0 amide bonds. The molecule has 0 spiro atoms. The lowest BCUT2D eigenvalue weighted by Crippen LogP contribution is -1.95. The Labute approximate surface area is 123 Å². The topological polar surface area (TPSA) is 35.5 Å². The maximum Gasteiger partial charge on any atom is 0.156 e. The molecule has 0 aliphatic carbocycles. The molecule has 0 unspecified atom stereocenters. The van der Waals surface area contributed by atoms with E-state index < -0.39 is 0 Å². The van der Waals surface area contributed by atoms with Crippen LogP contribution in [0.1, 0.15) is 23.6 Å². The van der Waals surface area contributed by atoms with Gasteiger partial charge in [-0.05, 0) is 30.7 Å². The largest absolute Gasteiger partial charge is 0.489 e. The molecule has 0 aromatic heterocycles. The van der Waals surface area contributed by atoms with Crippen molar-refractivity contribution in [2.45, 2.75) is 20.1 Å². The van der Waals surface area contributed by atoms with E-state index in [0.717, 1.165) is 22.4 Å². The number of hydrogen-bond acceptors (Lipinski definition) is 3. The summed E-state index contributed by atoms with van der Waals surface area (Å²) >= 11 is 0. The number of rotatable bonds is 4. The van der Waals surface area contributed by atoms with E-state index in [0.29, 0.717) is 19.0 Å². The first-order valence-electron chi connectivity index (χ1n) is 6.87. The number of carbonyl (C=O) groups excluding carboxylic acids is 1. The lowest BCUT2D eigenvalue weighted by atomic mass is 10.1. The summed E-state index contributed by atoms with van der Waals surface area (Å²) in [7, 11) is 0. The van der Waals surface area contributed by atoms with Crippen molar-refractivity contribution in [2.24, 2.45) is 0 Å². The van der Waals surface area contributed by atoms with Crippen molar-refractivity contribution >= 4 is 11.5 Å². The number of benzene rings is 2. The van der Waals surface area contributed by atoms with E-state index in [1.54, 1.807) is 0 Å². The molecule has 2 aromatic carbocycles. The summed E-state index contributed by atoms with van der Waals surface area (Å²) in [6, 6.07) is 15.9. The van der Waals surface area contributed by atoms with E-state index in [2.05, 4.69) is 0 Å². The molecule has 21 heavy (non-hydrogen) atoms. The van der Waals surface area contributed by atoms with E-state index in [9.17, 15) is 4.79 Å². The molecule has 1 aliphatic rings. The normalized spacial score (nSPS) is 14.6. The van der Waals surface area contributed by atoms with Crippen LogP contribution in [0.15, 0.2) is 54.6 Å². The van der Waals surface area contributed by atoms with Crippen LogP contribution in [0.5, 0.6) is 5.75 Å². The minimum Gasteiger partial charge on any atom is -0.489 e. The fraction of sp³-hybridized carbons (Fsp3) is 0.167. The van der Waals surface area contributed by atoms with Crippen LogP contribution >= 0.6 is 0 Å². The molecule has 3 nitrogen and oxygen atoms in total. The molecule has 0 radical (unpaired) electrons. The van der Waals surface area contributed by atoms with Crippen LogP contribution in [-0.2, 0) is 22.7 Å². The number of ketones is 1. The average Bonchev–Trinajstić information content (AvgIpc) is 2.88. The molecule has 0 saturated heterocycles. The summed E-state index contributed by atoms with van der Waals surface area (Å²) in [6.07, 6.45) is 1.52. The van der Waals surface area contributed by atoms with Crippen molar-refractivity contribution in [1.29, 1.82) is 0 Å². The Morgan fingerprint density at radius 1 is 1.24 bits per heavy atom. The molecular weight excluding hydrogens is 264 g/mol. The van der Waals surface area contributed by atoms with Gasteiger partial charge < -0.3 is 9.47 Å². The molecule has 0 bridgehead atoms. The number of allylic oxidation sites excluding steroid dienone is 1. The molecule has 0 N–H and O–H groups in total. The van der Waals surface area contributed by atoms with Crippen molar-refractivity contribution in [1.82, 2.24) is 0 Å². The van der Waals surface area contributed by atoms with Crippen LogP contribution in [0.3, 0.4) is 0 Å². The number of carbonyl (C=O) groups is 1. The zero-order valence-corrected chi connectivity index (χ0v) is 11.8. The molecule has 0 atom stereocenters. The Kier molecular flexibility index (Phi) is 3.73. The first-order valence-corrected chi connectivity index (χ1v) is 6.87. The van der Waals surface area contributed by atoms with Crippen molar-refractivity contribution in [2.75, 3.05) is 0 Å². The Bertz CT molecular complexity index is 687. The van der Waals surface area contributed by atoms with Crippen LogP contribution < -0.4 is 4.74 Å². The zero-order chi connectivity index (χ0) is 14.7. The predicted octanol–water partition coefficient (Wildman–Crippen LogP) is 3.73. The van der Waals surface area contributed by atoms with Crippen molar-refractivity contribution < 1.29 is 14.3 Å². The smallest absolute Gasteiger partial charge is 0.156 e. The van der Waals surface area contributed by atoms with Crippen LogP contribution in [0, 0.1) is 0 Å². The Morgan fingerprint density at radius 2 is 2.05 bits per heavy atom. The second kappa shape index (κ2) is 5.83. The van der Waals surface area contributed by atoms with Crippen LogP contribution in [0.4, 0.5) is 0 Å². The quantitative estimate of drug-likeness (QED) is 0.801. The SMILES string of the molecule is CC(=O)/C=C1\OCc2cc(OCc3ccccc3)ccc21. The summed E-state index contributed by atoms with van der Waals surface area (Å²) in [4.78, 5) is 11.2. The van der Waals surface area contributed by atoms with Gasteiger partial charge in [-0.25, -0.2) is 0 Å². The van der Waals surface area contributed by atoms with Gasteiger partial charge in [-0.2, -0.15) is 0 Å². The molecule has 2 aromatic rings. The number of fused-ring (bicyclic) bond motifs is 1. The Morgan fingerprint density at radius 3 is 2.81 bits per heavy atom. The Hall–Kier alpha value is -2.55. The fourth-order valence-electron chi connectivity index (χ4n) is 2.30. The Balaban J connectivity index is 1.74. The summed E-state index contributed by atoms with van der Waals surface area (Å²) in [5, 5.41) is 0. The fourth-order valence-corrected chi connectivity index (χ4v) is 2.30. The minimum absolute atomic E-state index is 0.0118. The lowest BCUT2D eigenvalue weighted by molar-refractivity contribution is -0.112. The van der Waals surface area contributed by atoms with Gasteiger partial charge in [0.15, 0.2) is 5.78 Å². The molecule has 1 heterocycles. The highest BCUT2D eigenvalue weighted by atomic mass is 16.5. The van der Waals surface area contributed by atoms with Crippen LogP contribution in [0.2, 0.25) is 0 Å². The summed E-state index contributed by atoms with van der Waals surface area (Å²) in [5.74, 6) is 1.44. The molecule has 3 rings (SSSR count). The molecule has 106 valence electrons. The van der Waals surface area contributed by atoms with E-state index >= 15 is 0 Å². The maximum absolute atomic E-state index is 11.2. The van der Waals surface area contributed by atoms with Gasteiger partial charge in [0.25, 0.3) is 0 Å². The number of hydrogen-bond donors (Lipinski definition) is 0. The highest BCUT2D eigenvalue weighted by molar-refractivity contribution is 5.94. The molecule has 3 heteroatoms. The third-order valence-corrected chi connectivity index (χ3v) is 3.31. The maximum atomic E-state index is 11.2. The van der Waals surface area contributed by atoms with E-state index in [1.807, 2.05) is 48.5 Å². The summed E-state index contributed by atoms with van der Waals surface area (Å²) in [6.45, 7) is 2.54. The zero-order valence-electron chi connectivity index (χ0n) is 11.8. The van der Waals surface area contributed by atoms with E-state index in [1.165, 1.54) is 13.0 Å². The van der Waals surface area contributed by atoms with Gasteiger partial charge in [0.1, 0.15) is 24.7 Å². The third kappa shape index (κ3) is 3.14. The van der Waals surface area contributed by atoms with Crippen molar-refractivity contribution in [3.63, 3.8) is 0 Å². The summed E-state index contributed by atoms with van der Waals surface area (Å²) < 4.78 is 11.3. The predicted molar refractivity (Wildman–Crippen MR) is 80.7 cm³/mol. The van der Waals surface area contributed by atoms with Gasteiger partial charge in [0, 0.05) is 17.2 Å². The van der Waals surface area contributed by atoms with Crippen LogP contribution in [0.25, 0.3) is 5.76 Å². The van der Waals surface area contributed by atoms with Crippen LogP contribution in [-0.4, -0.2) is 5.78 Å². The molecule has 0 fully saturated rings. The molecule has 1 aliphatic heterocycles. The highest BCUT2D eigenvalue weighted by Gasteiger charge is 2.18. The lowest BCUT2D eigenvalue weighted by Gasteiger charge is -2.07. The third-order valence-electron chi connectivity index (χ3n) is 3.31. The van der Waals surface area contributed by atoms with Crippen molar-refractivity contribution in [3.8, 4) is 5.75 Å². The second-order valence-corrected chi connectivity index (χ2v) is 5.00. The average molecular weight is 280 g/mol. The summed E-state index contributed by atoms with van der Waals surface area (Å²) in [5.41, 5.74) is 3.15. The van der Waals surface area contributed by atoms with Gasteiger partial charge in [-0.3, -0.25) is 4.79 Å². The van der Waals surface area contributed by atoms with E-state index in [-0.39, 0.29) is 5.78 Å². The first-order chi connectivity index (χ1) is 10.2. The van der Waals surface area contributed by atoms with Crippen molar-refractivity contribution in [3.05, 3.63) is 71.3 Å². The van der Waals surface area contributed by atoms with Gasteiger partial charge >= 0.3 is 0 Å². The first kappa shape index (κ1) is 13.4.